The minimum Gasteiger partial charge on any atom is -0.403 e. The minimum absolute atomic E-state index is 0.00563. The van der Waals surface area contributed by atoms with E-state index in [2.05, 4.69) is 30.6 Å². The van der Waals surface area contributed by atoms with Gasteiger partial charge in [0.1, 0.15) is 11.0 Å². The number of fused-ring (bicyclic) bond motifs is 1. The minimum atomic E-state index is -4.75. The molecule has 0 unspecified atom stereocenters. The Balaban J connectivity index is 2.58. The molecule has 16 heavy (non-hydrogen) atoms. The number of halogens is 5. The fourth-order valence-corrected chi connectivity index (χ4v) is 1.81. The first-order valence-electron chi connectivity index (χ1n) is 3.96. The molecule has 0 atom stereocenters. The number of aromatic nitrogens is 2. The van der Waals surface area contributed by atoms with Crippen LogP contribution in [0.1, 0.15) is 0 Å². The standard InChI is InChI=1S/C8H3BrClF3N2O/c9-3-1-2-4(16-8(11,12)13)6-5(3)14-7(10)15-6/h1-2H,(H,14,15). The summed E-state index contributed by atoms with van der Waals surface area (Å²) in [5.74, 6) is -0.370. The summed E-state index contributed by atoms with van der Waals surface area (Å²) in [7, 11) is 0. The van der Waals surface area contributed by atoms with Crippen LogP contribution in [0.2, 0.25) is 5.28 Å². The molecule has 1 heterocycles. The van der Waals surface area contributed by atoms with Gasteiger partial charge in [-0.2, -0.15) is 0 Å². The van der Waals surface area contributed by atoms with Crippen LogP contribution < -0.4 is 4.74 Å². The Hall–Kier alpha value is -0.950. The van der Waals surface area contributed by atoms with Gasteiger partial charge in [0.25, 0.3) is 0 Å². The van der Waals surface area contributed by atoms with Gasteiger partial charge in [0.2, 0.25) is 5.28 Å². The molecule has 0 aliphatic carbocycles. The van der Waals surface area contributed by atoms with Crippen LogP contribution in [0.4, 0.5) is 13.2 Å². The monoisotopic (exact) mass is 314 g/mol. The quantitative estimate of drug-likeness (QED) is 0.867. The molecule has 1 aromatic heterocycles. The van der Waals surface area contributed by atoms with E-state index in [1.54, 1.807) is 0 Å². The Kier molecular flexibility index (Phi) is 2.75. The van der Waals surface area contributed by atoms with Crippen molar-refractivity contribution in [3.8, 4) is 5.75 Å². The number of nitrogens with zero attached hydrogens (tertiary/aromatic N) is 1. The summed E-state index contributed by atoms with van der Waals surface area (Å²) in [6.07, 6.45) is -4.75. The molecule has 2 aromatic rings. The molecular formula is C8H3BrClF3N2O. The number of hydrogen-bond donors (Lipinski definition) is 1. The third-order valence-electron chi connectivity index (χ3n) is 1.75. The number of H-pyrrole nitrogens is 1. The number of hydrogen-bond acceptors (Lipinski definition) is 2. The van der Waals surface area contributed by atoms with Gasteiger partial charge in [-0.25, -0.2) is 4.98 Å². The van der Waals surface area contributed by atoms with Gasteiger partial charge in [-0.1, -0.05) is 0 Å². The van der Waals surface area contributed by atoms with Crippen LogP contribution in [-0.2, 0) is 0 Å². The van der Waals surface area contributed by atoms with Gasteiger partial charge >= 0.3 is 6.36 Å². The van der Waals surface area contributed by atoms with Crippen LogP contribution in [0.25, 0.3) is 11.0 Å². The molecule has 0 saturated heterocycles. The predicted octanol–water partition coefficient (Wildman–Crippen LogP) is 3.88. The highest BCUT2D eigenvalue weighted by Gasteiger charge is 2.32. The zero-order valence-electron chi connectivity index (χ0n) is 7.40. The highest BCUT2D eigenvalue weighted by atomic mass is 79.9. The molecule has 2 rings (SSSR count). The number of rotatable bonds is 1. The first-order chi connectivity index (χ1) is 7.37. The molecule has 0 bridgehead atoms. The van der Waals surface area contributed by atoms with Gasteiger partial charge in [-0.05, 0) is 39.7 Å². The third kappa shape index (κ3) is 2.25. The zero-order valence-corrected chi connectivity index (χ0v) is 9.74. The molecule has 8 heteroatoms. The van der Waals surface area contributed by atoms with Crippen molar-refractivity contribution < 1.29 is 17.9 Å². The average molecular weight is 315 g/mol. The largest absolute Gasteiger partial charge is 0.573 e. The highest BCUT2D eigenvalue weighted by Crippen LogP contribution is 2.33. The van der Waals surface area contributed by atoms with Crippen LogP contribution in [0.3, 0.4) is 0 Å². The smallest absolute Gasteiger partial charge is 0.403 e. The van der Waals surface area contributed by atoms with Crippen molar-refractivity contribution in [3.05, 3.63) is 21.9 Å². The summed E-state index contributed by atoms with van der Waals surface area (Å²) in [6, 6.07) is 2.58. The molecule has 0 aliphatic rings. The number of aromatic amines is 1. The van der Waals surface area contributed by atoms with Gasteiger partial charge in [0, 0.05) is 4.47 Å². The molecular weight excluding hydrogens is 312 g/mol. The first-order valence-corrected chi connectivity index (χ1v) is 5.13. The summed E-state index contributed by atoms with van der Waals surface area (Å²) >= 11 is 8.72. The Morgan fingerprint density at radius 2 is 2.06 bits per heavy atom. The van der Waals surface area contributed by atoms with Crippen LogP contribution in [0.15, 0.2) is 16.6 Å². The SMILES string of the molecule is FC(F)(F)Oc1ccc(Br)c2nc(Cl)[nH]c12. The van der Waals surface area contributed by atoms with Crippen molar-refractivity contribution in [3.63, 3.8) is 0 Å². The number of alkyl halides is 3. The fraction of sp³-hybridized carbons (Fsp3) is 0.125. The van der Waals surface area contributed by atoms with Gasteiger partial charge in [-0.15, -0.1) is 13.2 Å². The van der Waals surface area contributed by atoms with Crippen LogP contribution in [-0.4, -0.2) is 16.3 Å². The summed E-state index contributed by atoms with van der Waals surface area (Å²) in [4.78, 5) is 6.31. The van der Waals surface area contributed by atoms with Gasteiger partial charge < -0.3 is 9.72 Å². The van der Waals surface area contributed by atoms with Crippen molar-refractivity contribution in [1.29, 1.82) is 0 Å². The van der Waals surface area contributed by atoms with Crippen LogP contribution in [0.5, 0.6) is 5.75 Å². The van der Waals surface area contributed by atoms with Gasteiger partial charge in [-0.3, -0.25) is 0 Å². The summed E-state index contributed by atoms with van der Waals surface area (Å²) in [6.45, 7) is 0. The van der Waals surface area contributed by atoms with Crippen LogP contribution in [0, 0.1) is 0 Å². The summed E-state index contributed by atoms with van der Waals surface area (Å²) in [5.41, 5.74) is 0.378. The number of benzene rings is 1. The molecule has 1 aromatic carbocycles. The third-order valence-corrected chi connectivity index (χ3v) is 2.57. The molecule has 0 radical (unpaired) electrons. The van der Waals surface area contributed by atoms with Gasteiger partial charge in [0.05, 0.1) is 0 Å². The van der Waals surface area contributed by atoms with Crippen molar-refractivity contribution in [2.45, 2.75) is 6.36 Å². The average Bonchev–Trinajstić information content (AvgIpc) is 2.51. The Morgan fingerprint density at radius 3 is 2.69 bits per heavy atom. The molecule has 0 spiro atoms. The number of nitrogens with one attached hydrogen (secondary N) is 1. The number of imidazole rings is 1. The first kappa shape index (κ1) is 11.5. The van der Waals surface area contributed by atoms with E-state index in [1.807, 2.05) is 0 Å². The lowest BCUT2D eigenvalue weighted by Gasteiger charge is -2.09. The molecule has 0 saturated carbocycles. The maximum atomic E-state index is 12.1. The second kappa shape index (κ2) is 3.81. The lowest BCUT2D eigenvalue weighted by molar-refractivity contribution is -0.274. The Labute approximate surface area is 101 Å². The van der Waals surface area contributed by atoms with E-state index < -0.39 is 6.36 Å². The van der Waals surface area contributed by atoms with Gasteiger partial charge in [0.15, 0.2) is 5.75 Å². The summed E-state index contributed by atoms with van der Waals surface area (Å²) in [5, 5.41) is -0.00563. The van der Waals surface area contributed by atoms with E-state index in [4.69, 9.17) is 11.6 Å². The Bertz CT molecular complexity index is 540. The fourth-order valence-electron chi connectivity index (χ4n) is 1.22. The van der Waals surface area contributed by atoms with E-state index in [9.17, 15) is 13.2 Å². The molecule has 86 valence electrons. The van der Waals surface area contributed by atoms with Crippen molar-refractivity contribution in [2.24, 2.45) is 0 Å². The topological polar surface area (TPSA) is 37.9 Å². The van der Waals surface area contributed by atoms with Crippen molar-refractivity contribution in [2.75, 3.05) is 0 Å². The van der Waals surface area contributed by atoms with Crippen molar-refractivity contribution >= 4 is 38.6 Å². The Morgan fingerprint density at radius 1 is 1.38 bits per heavy atom. The van der Waals surface area contributed by atoms with E-state index >= 15 is 0 Å². The van der Waals surface area contributed by atoms with E-state index in [0.29, 0.717) is 4.47 Å². The molecule has 1 N–H and O–H groups in total. The molecule has 0 amide bonds. The lowest BCUT2D eigenvalue weighted by Crippen LogP contribution is -2.17. The zero-order chi connectivity index (χ0) is 11.9. The van der Waals surface area contributed by atoms with Crippen molar-refractivity contribution in [1.82, 2.24) is 9.97 Å². The van der Waals surface area contributed by atoms with E-state index in [0.717, 1.165) is 0 Å². The highest BCUT2D eigenvalue weighted by molar-refractivity contribution is 9.10. The predicted molar refractivity (Wildman–Crippen MR) is 55.5 cm³/mol. The van der Waals surface area contributed by atoms with E-state index in [1.165, 1.54) is 12.1 Å². The molecule has 3 nitrogen and oxygen atoms in total. The summed E-state index contributed by atoms with van der Waals surface area (Å²) < 4.78 is 40.6. The normalized spacial score (nSPS) is 12.1. The molecule has 0 aliphatic heterocycles. The maximum absolute atomic E-state index is 12.1. The molecule has 0 fully saturated rings. The maximum Gasteiger partial charge on any atom is 0.573 e. The number of ether oxygens (including phenoxy) is 1. The second-order valence-corrected chi connectivity index (χ2v) is 4.06. The van der Waals surface area contributed by atoms with Crippen LogP contribution >= 0.6 is 27.5 Å². The lowest BCUT2D eigenvalue weighted by atomic mass is 10.3. The van der Waals surface area contributed by atoms with E-state index in [-0.39, 0.29) is 22.1 Å². The second-order valence-electron chi connectivity index (χ2n) is 2.84.